The summed E-state index contributed by atoms with van der Waals surface area (Å²) in [5.74, 6) is 0.494. The van der Waals surface area contributed by atoms with E-state index in [1.54, 1.807) is 0 Å². The fraction of sp³-hybridized carbons (Fsp3) is 0.944. The SMILES string of the molecule is CC1(C)CCC[C@@H]1NCC(=O)N(C1CCCC1)[C@H]1CCS(=O)(=O)C1. The van der Waals surface area contributed by atoms with Crippen LogP contribution < -0.4 is 5.32 Å². The molecular formula is C18H32N2O3S. The molecule has 3 rings (SSSR count). The molecule has 1 heterocycles. The standard InChI is InChI=1S/C18H32N2O3S/c1-18(2)10-5-8-16(18)19-12-17(21)20(14-6-3-4-7-14)15-9-11-24(22,23)13-15/h14-16,19H,3-13H2,1-2H3/t15-,16-/m0/s1. The third kappa shape index (κ3) is 3.96. The Morgan fingerprint density at radius 3 is 2.33 bits per heavy atom. The second kappa shape index (κ2) is 6.94. The summed E-state index contributed by atoms with van der Waals surface area (Å²) in [5, 5.41) is 3.48. The second-order valence-electron chi connectivity index (χ2n) is 8.61. The van der Waals surface area contributed by atoms with Gasteiger partial charge in [-0.05, 0) is 37.5 Å². The van der Waals surface area contributed by atoms with Gasteiger partial charge in [-0.2, -0.15) is 0 Å². The number of sulfone groups is 1. The topological polar surface area (TPSA) is 66.5 Å². The van der Waals surface area contributed by atoms with Gasteiger partial charge in [0, 0.05) is 18.1 Å². The maximum atomic E-state index is 13.0. The molecule has 0 spiro atoms. The molecule has 138 valence electrons. The van der Waals surface area contributed by atoms with Gasteiger partial charge in [-0.25, -0.2) is 8.42 Å². The molecule has 3 aliphatic rings. The summed E-state index contributed by atoms with van der Waals surface area (Å²) in [6, 6.07) is 0.525. The highest BCUT2D eigenvalue weighted by Crippen LogP contribution is 2.37. The number of rotatable bonds is 5. The molecule has 0 aromatic heterocycles. The van der Waals surface area contributed by atoms with Crippen molar-refractivity contribution in [2.75, 3.05) is 18.1 Å². The fourth-order valence-electron chi connectivity index (χ4n) is 4.89. The van der Waals surface area contributed by atoms with E-state index in [0.29, 0.717) is 19.0 Å². The van der Waals surface area contributed by atoms with Crippen LogP contribution in [0.1, 0.15) is 65.2 Å². The number of nitrogens with one attached hydrogen (secondary N) is 1. The summed E-state index contributed by atoms with van der Waals surface area (Å²) in [7, 11) is -2.97. The Kier molecular flexibility index (Phi) is 5.26. The zero-order chi connectivity index (χ0) is 17.4. The van der Waals surface area contributed by atoms with Crippen LogP contribution in [0.3, 0.4) is 0 Å². The summed E-state index contributed by atoms with van der Waals surface area (Å²) in [4.78, 5) is 14.9. The molecule has 0 aromatic rings. The summed E-state index contributed by atoms with van der Waals surface area (Å²) in [6.45, 7) is 4.88. The van der Waals surface area contributed by atoms with E-state index < -0.39 is 9.84 Å². The summed E-state index contributed by atoms with van der Waals surface area (Å²) < 4.78 is 23.8. The lowest BCUT2D eigenvalue weighted by molar-refractivity contribution is -0.134. The molecule has 0 unspecified atom stereocenters. The van der Waals surface area contributed by atoms with Crippen LogP contribution in [0.5, 0.6) is 0 Å². The molecule has 1 saturated heterocycles. The number of hydrogen-bond acceptors (Lipinski definition) is 4. The number of nitrogens with zero attached hydrogens (tertiary/aromatic N) is 1. The number of carbonyl (C=O) groups excluding carboxylic acids is 1. The van der Waals surface area contributed by atoms with Gasteiger partial charge in [0.2, 0.25) is 5.91 Å². The quantitative estimate of drug-likeness (QED) is 0.819. The second-order valence-corrected chi connectivity index (χ2v) is 10.8. The van der Waals surface area contributed by atoms with Gasteiger partial charge in [-0.15, -0.1) is 0 Å². The van der Waals surface area contributed by atoms with Gasteiger partial charge < -0.3 is 10.2 Å². The Morgan fingerprint density at radius 2 is 1.79 bits per heavy atom. The van der Waals surface area contributed by atoms with Crippen LogP contribution >= 0.6 is 0 Å². The van der Waals surface area contributed by atoms with Crippen LogP contribution in [0, 0.1) is 5.41 Å². The highest BCUT2D eigenvalue weighted by atomic mass is 32.2. The van der Waals surface area contributed by atoms with E-state index in [9.17, 15) is 13.2 Å². The number of hydrogen-bond donors (Lipinski definition) is 1. The van der Waals surface area contributed by atoms with Gasteiger partial charge in [-0.3, -0.25) is 4.79 Å². The maximum absolute atomic E-state index is 13.0. The lowest BCUT2D eigenvalue weighted by Crippen LogP contribution is -2.52. The van der Waals surface area contributed by atoms with Gasteiger partial charge >= 0.3 is 0 Å². The Morgan fingerprint density at radius 1 is 1.08 bits per heavy atom. The van der Waals surface area contributed by atoms with Crippen molar-refractivity contribution in [2.45, 2.75) is 83.3 Å². The molecule has 0 bridgehead atoms. The molecule has 24 heavy (non-hydrogen) atoms. The third-order valence-electron chi connectivity index (χ3n) is 6.36. The molecule has 1 amide bonds. The highest BCUT2D eigenvalue weighted by molar-refractivity contribution is 7.91. The van der Waals surface area contributed by atoms with E-state index in [2.05, 4.69) is 19.2 Å². The van der Waals surface area contributed by atoms with Crippen molar-refractivity contribution >= 4 is 15.7 Å². The molecule has 1 N–H and O–H groups in total. The van der Waals surface area contributed by atoms with E-state index in [1.807, 2.05) is 4.90 Å². The monoisotopic (exact) mass is 356 g/mol. The van der Waals surface area contributed by atoms with Crippen LogP contribution in [0.15, 0.2) is 0 Å². The molecule has 1 aliphatic heterocycles. The fourth-order valence-corrected chi connectivity index (χ4v) is 6.60. The minimum absolute atomic E-state index is 0.103. The van der Waals surface area contributed by atoms with Gasteiger partial charge in [-0.1, -0.05) is 33.1 Å². The molecule has 2 atom stereocenters. The first-order valence-electron chi connectivity index (χ1n) is 9.53. The van der Waals surface area contributed by atoms with Crippen molar-refractivity contribution in [3.63, 3.8) is 0 Å². The Balaban J connectivity index is 1.65. The third-order valence-corrected chi connectivity index (χ3v) is 8.12. The normalized spacial score (nSPS) is 32.2. The molecule has 3 fully saturated rings. The van der Waals surface area contributed by atoms with Gasteiger partial charge in [0.25, 0.3) is 0 Å². The first-order valence-corrected chi connectivity index (χ1v) is 11.4. The Labute approximate surface area is 146 Å². The number of carbonyl (C=O) groups is 1. The summed E-state index contributed by atoms with van der Waals surface area (Å²) in [6.07, 6.45) is 8.50. The zero-order valence-electron chi connectivity index (χ0n) is 15.1. The first kappa shape index (κ1) is 18.2. The summed E-state index contributed by atoms with van der Waals surface area (Å²) >= 11 is 0. The van der Waals surface area contributed by atoms with E-state index in [1.165, 1.54) is 12.8 Å². The van der Waals surface area contributed by atoms with Crippen molar-refractivity contribution in [1.29, 1.82) is 0 Å². The lowest BCUT2D eigenvalue weighted by Gasteiger charge is -2.35. The highest BCUT2D eigenvalue weighted by Gasteiger charge is 2.40. The molecule has 2 aliphatic carbocycles. The molecule has 2 saturated carbocycles. The average Bonchev–Trinajstić information content (AvgIpc) is 3.19. The van der Waals surface area contributed by atoms with Crippen LogP contribution in [0.2, 0.25) is 0 Å². The minimum atomic E-state index is -2.97. The Hall–Kier alpha value is -0.620. The predicted octanol–water partition coefficient (Wildman–Crippen LogP) is 2.11. The van der Waals surface area contributed by atoms with Crippen LogP contribution in [0.25, 0.3) is 0 Å². The maximum Gasteiger partial charge on any atom is 0.237 e. The van der Waals surface area contributed by atoms with Crippen LogP contribution in [0.4, 0.5) is 0 Å². The van der Waals surface area contributed by atoms with Crippen molar-refractivity contribution in [3.05, 3.63) is 0 Å². The van der Waals surface area contributed by atoms with Crippen LogP contribution in [-0.2, 0) is 14.6 Å². The minimum Gasteiger partial charge on any atom is -0.335 e. The van der Waals surface area contributed by atoms with Crippen molar-refractivity contribution in [3.8, 4) is 0 Å². The van der Waals surface area contributed by atoms with E-state index in [-0.39, 0.29) is 34.9 Å². The van der Waals surface area contributed by atoms with Crippen LogP contribution in [-0.4, -0.2) is 55.4 Å². The largest absolute Gasteiger partial charge is 0.335 e. The van der Waals surface area contributed by atoms with Gasteiger partial charge in [0.05, 0.1) is 18.1 Å². The van der Waals surface area contributed by atoms with Gasteiger partial charge in [0.1, 0.15) is 0 Å². The van der Waals surface area contributed by atoms with Gasteiger partial charge in [0.15, 0.2) is 9.84 Å². The predicted molar refractivity (Wildman–Crippen MR) is 95.6 cm³/mol. The smallest absolute Gasteiger partial charge is 0.237 e. The van der Waals surface area contributed by atoms with Crippen molar-refractivity contribution in [1.82, 2.24) is 10.2 Å². The molecule has 5 nitrogen and oxygen atoms in total. The zero-order valence-corrected chi connectivity index (χ0v) is 15.9. The molecule has 0 radical (unpaired) electrons. The molecule has 0 aromatic carbocycles. The lowest BCUT2D eigenvalue weighted by atomic mass is 9.87. The van der Waals surface area contributed by atoms with E-state index >= 15 is 0 Å². The molecular weight excluding hydrogens is 324 g/mol. The van der Waals surface area contributed by atoms with Crippen molar-refractivity contribution < 1.29 is 13.2 Å². The van der Waals surface area contributed by atoms with E-state index in [0.717, 1.165) is 32.1 Å². The summed E-state index contributed by atoms with van der Waals surface area (Å²) in [5.41, 5.74) is 0.245. The average molecular weight is 357 g/mol. The molecule has 6 heteroatoms. The first-order chi connectivity index (χ1) is 11.3. The van der Waals surface area contributed by atoms with E-state index in [4.69, 9.17) is 0 Å². The number of amides is 1. The van der Waals surface area contributed by atoms with Crippen molar-refractivity contribution in [2.24, 2.45) is 5.41 Å². The Bertz CT molecular complexity index is 567.